The number of carboxylic acids is 1. The summed E-state index contributed by atoms with van der Waals surface area (Å²) in [5, 5.41) is 14.7. The molecule has 1 unspecified atom stereocenters. The van der Waals surface area contributed by atoms with Gasteiger partial charge in [-0.3, -0.25) is 10.1 Å². The van der Waals surface area contributed by atoms with Gasteiger partial charge in [0.2, 0.25) is 0 Å². The number of hydrogen-bond donors (Lipinski definition) is 3. The van der Waals surface area contributed by atoms with Gasteiger partial charge in [-0.25, -0.2) is 0 Å². The molecule has 32 heavy (non-hydrogen) atoms. The van der Waals surface area contributed by atoms with E-state index < -0.39 is 12.0 Å². The quantitative estimate of drug-likeness (QED) is 0.259. The second-order valence-corrected chi connectivity index (χ2v) is 8.86. The zero-order valence-electron chi connectivity index (χ0n) is 17.1. The molecule has 0 aliphatic carbocycles. The predicted molar refractivity (Wildman–Crippen MR) is 130 cm³/mol. The summed E-state index contributed by atoms with van der Waals surface area (Å²) in [5.41, 5.74) is 3.79. The van der Waals surface area contributed by atoms with Crippen molar-refractivity contribution in [2.45, 2.75) is 25.6 Å². The molecule has 5 nitrogen and oxygen atoms in total. The minimum Gasteiger partial charge on any atom is -0.489 e. The van der Waals surface area contributed by atoms with Crippen LogP contribution in [0.15, 0.2) is 77.4 Å². The maximum atomic E-state index is 12.0. The third-order valence-electron chi connectivity index (χ3n) is 5.24. The first-order valence-electron chi connectivity index (χ1n) is 10.2. The molecule has 7 heteroatoms. The second kappa shape index (κ2) is 10.2. The predicted octanol–water partition coefficient (Wildman–Crippen LogP) is 5.95. The summed E-state index contributed by atoms with van der Waals surface area (Å²) in [6.07, 6.45) is 2.24. The van der Waals surface area contributed by atoms with Crippen molar-refractivity contribution in [1.29, 1.82) is 0 Å². The molecule has 0 aliphatic heterocycles. The topological polar surface area (TPSA) is 74.3 Å². The Hall–Kier alpha value is -2.80. The van der Waals surface area contributed by atoms with Gasteiger partial charge in [-0.1, -0.05) is 57.9 Å². The molecule has 1 heterocycles. The number of fused-ring (bicyclic) bond motifs is 1. The maximum absolute atomic E-state index is 12.0. The Morgan fingerprint density at radius 2 is 1.94 bits per heavy atom. The van der Waals surface area contributed by atoms with Gasteiger partial charge in [0.25, 0.3) is 0 Å². The number of carboxylic acid groups (broad SMARTS) is 1. The molecule has 164 valence electrons. The number of para-hydroxylation sites is 1. The van der Waals surface area contributed by atoms with Crippen LogP contribution in [0, 0.1) is 0 Å². The fraction of sp³-hybridized carbons (Fsp3) is 0.160. The third kappa shape index (κ3) is 5.51. The van der Waals surface area contributed by atoms with E-state index in [9.17, 15) is 9.90 Å². The summed E-state index contributed by atoms with van der Waals surface area (Å²) in [6, 6.07) is 20.4. The molecule has 0 radical (unpaired) electrons. The van der Waals surface area contributed by atoms with Gasteiger partial charge in [0, 0.05) is 45.1 Å². The van der Waals surface area contributed by atoms with Gasteiger partial charge in [-0.05, 0) is 47.5 Å². The van der Waals surface area contributed by atoms with Crippen LogP contribution in [0.5, 0.6) is 5.75 Å². The van der Waals surface area contributed by atoms with E-state index in [1.165, 1.54) is 0 Å². The van der Waals surface area contributed by atoms with Crippen LogP contribution in [0.2, 0.25) is 5.02 Å². The van der Waals surface area contributed by atoms with E-state index in [4.69, 9.17) is 16.3 Å². The normalized spacial score (nSPS) is 12.1. The van der Waals surface area contributed by atoms with Crippen LogP contribution in [0.25, 0.3) is 10.9 Å². The molecule has 4 aromatic rings. The maximum Gasteiger partial charge on any atom is 0.321 e. The molecule has 3 aromatic carbocycles. The van der Waals surface area contributed by atoms with Crippen LogP contribution in [0.3, 0.4) is 0 Å². The van der Waals surface area contributed by atoms with Crippen molar-refractivity contribution in [2.75, 3.05) is 0 Å². The second-order valence-electron chi connectivity index (χ2n) is 7.51. The molecular formula is C25H22BrClN2O3. The molecule has 4 rings (SSSR count). The Morgan fingerprint density at radius 3 is 2.75 bits per heavy atom. The van der Waals surface area contributed by atoms with Crippen LogP contribution < -0.4 is 10.1 Å². The van der Waals surface area contributed by atoms with Crippen molar-refractivity contribution in [3.05, 3.63) is 99.1 Å². The van der Waals surface area contributed by atoms with Crippen molar-refractivity contribution in [3.63, 3.8) is 0 Å². The Balaban J connectivity index is 1.47. The summed E-state index contributed by atoms with van der Waals surface area (Å²) >= 11 is 9.55. The fourth-order valence-corrected chi connectivity index (χ4v) is 4.24. The number of H-pyrrole nitrogens is 1. The van der Waals surface area contributed by atoms with Crippen molar-refractivity contribution in [1.82, 2.24) is 10.3 Å². The van der Waals surface area contributed by atoms with Crippen LogP contribution in [0.4, 0.5) is 0 Å². The van der Waals surface area contributed by atoms with Crippen LogP contribution >= 0.6 is 27.5 Å². The molecule has 0 fully saturated rings. The summed E-state index contributed by atoms with van der Waals surface area (Å²) in [6.45, 7) is 0.719. The lowest BCUT2D eigenvalue weighted by atomic mass is 10.0. The highest BCUT2D eigenvalue weighted by molar-refractivity contribution is 9.10. The number of nitrogens with one attached hydrogen (secondary N) is 2. The fourth-order valence-electron chi connectivity index (χ4n) is 3.62. The summed E-state index contributed by atoms with van der Waals surface area (Å²) in [7, 11) is 0. The summed E-state index contributed by atoms with van der Waals surface area (Å²) in [4.78, 5) is 15.2. The van der Waals surface area contributed by atoms with Crippen LogP contribution in [-0.2, 0) is 24.4 Å². The first-order valence-corrected chi connectivity index (χ1v) is 11.3. The van der Waals surface area contributed by atoms with E-state index in [1.54, 1.807) is 0 Å². The Bertz CT molecular complexity index is 1240. The number of aliphatic carboxylic acids is 1. The van der Waals surface area contributed by atoms with Gasteiger partial charge in [0.1, 0.15) is 18.4 Å². The molecule has 0 aliphatic rings. The lowest BCUT2D eigenvalue weighted by Gasteiger charge is -2.17. The van der Waals surface area contributed by atoms with Crippen molar-refractivity contribution >= 4 is 44.4 Å². The Labute approximate surface area is 199 Å². The van der Waals surface area contributed by atoms with E-state index in [0.717, 1.165) is 32.1 Å². The lowest BCUT2D eigenvalue weighted by molar-refractivity contribution is -0.139. The average molecular weight is 514 g/mol. The number of rotatable bonds is 9. The highest BCUT2D eigenvalue weighted by Crippen LogP contribution is 2.25. The lowest BCUT2D eigenvalue weighted by Crippen LogP contribution is -2.38. The van der Waals surface area contributed by atoms with Crippen LogP contribution in [0.1, 0.15) is 16.7 Å². The number of halogens is 2. The van der Waals surface area contributed by atoms with E-state index in [-0.39, 0.29) is 0 Å². The van der Waals surface area contributed by atoms with Gasteiger partial charge < -0.3 is 14.8 Å². The smallest absolute Gasteiger partial charge is 0.321 e. The summed E-state index contributed by atoms with van der Waals surface area (Å²) < 4.78 is 6.91. The highest BCUT2D eigenvalue weighted by Gasteiger charge is 2.20. The Kier molecular flexibility index (Phi) is 7.15. The molecule has 0 spiro atoms. The average Bonchev–Trinajstić information content (AvgIpc) is 3.18. The number of carbonyl (C=O) groups is 1. The largest absolute Gasteiger partial charge is 0.489 e. The summed E-state index contributed by atoms with van der Waals surface area (Å²) in [5.74, 6) is -0.205. The molecule has 0 amide bonds. The monoisotopic (exact) mass is 512 g/mol. The van der Waals surface area contributed by atoms with E-state index in [2.05, 4.69) is 26.2 Å². The molecule has 3 N–H and O–H groups in total. The van der Waals surface area contributed by atoms with Crippen LogP contribution in [-0.4, -0.2) is 22.1 Å². The van der Waals surface area contributed by atoms with Crippen molar-refractivity contribution in [3.8, 4) is 5.75 Å². The van der Waals surface area contributed by atoms with E-state index in [1.807, 2.05) is 72.9 Å². The molecule has 1 aromatic heterocycles. The first-order chi connectivity index (χ1) is 15.5. The Morgan fingerprint density at radius 1 is 1.09 bits per heavy atom. The first kappa shape index (κ1) is 22.4. The number of aromatic nitrogens is 1. The molecule has 0 bridgehead atoms. The van der Waals surface area contributed by atoms with Crippen molar-refractivity contribution in [2.24, 2.45) is 0 Å². The van der Waals surface area contributed by atoms with Gasteiger partial charge in [-0.2, -0.15) is 0 Å². The number of hydrogen-bond acceptors (Lipinski definition) is 3. The molecule has 0 saturated heterocycles. The molecular weight excluding hydrogens is 492 g/mol. The zero-order chi connectivity index (χ0) is 22.5. The standard InChI is InChI=1S/C25H22BrClN2O3/c26-19-8-9-24(32-15-16-4-3-5-20(27)10-16)18(11-19)14-29-23(25(30)31)12-17-13-28-22-7-2-1-6-21(17)22/h1-11,13,23,28-29H,12,14-15H2,(H,30,31). The minimum atomic E-state index is -0.897. The number of benzene rings is 3. The van der Waals surface area contributed by atoms with Gasteiger partial charge >= 0.3 is 5.97 Å². The van der Waals surface area contributed by atoms with E-state index >= 15 is 0 Å². The molecule has 0 saturated carbocycles. The highest BCUT2D eigenvalue weighted by atomic mass is 79.9. The van der Waals surface area contributed by atoms with E-state index in [0.29, 0.717) is 30.3 Å². The minimum absolute atomic E-state index is 0.351. The van der Waals surface area contributed by atoms with Gasteiger partial charge in [0.05, 0.1) is 0 Å². The number of ether oxygens (including phenoxy) is 1. The van der Waals surface area contributed by atoms with Gasteiger partial charge in [-0.15, -0.1) is 0 Å². The van der Waals surface area contributed by atoms with Gasteiger partial charge in [0.15, 0.2) is 0 Å². The SMILES string of the molecule is O=C(O)C(Cc1c[nH]c2ccccc12)NCc1cc(Br)ccc1OCc1cccc(Cl)c1. The van der Waals surface area contributed by atoms with Crippen molar-refractivity contribution < 1.29 is 14.6 Å². The molecule has 1 atom stereocenters. The number of aromatic amines is 1. The third-order valence-corrected chi connectivity index (χ3v) is 5.97. The zero-order valence-corrected chi connectivity index (χ0v) is 19.5.